The van der Waals surface area contributed by atoms with Gasteiger partial charge in [-0.15, -0.1) is 0 Å². The number of ether oxygens (including phenoxy) is 3. The summed E-state index contributed by atoms with van der Waals surface area (Å²) in [5, 5.41) is 0. The Morgan fingerprint density at radius 2 is 1.96 bits per heavy atom. The van der Waals surface area contributed by atoms with Gasteiger partial charge in [0.1, 0.15) is 22.2 Å². The first-order valence-electron chi connectivity index (χ1n) is 8.14. The molecule has 0 saturated carbocycles. The maximum atomic E-state index is 12.6. The second-order valence-electron chi connectivity index (χ2n) is 5.62. The second-order valence-corrected chi connectivity index (χ2v) is 7.36. The molecule has 0 bridgehead atoms. The van der Waals surface area contributed by atoms with E-state index in [1.165, 1.54) is 20.3 Å². The van der Waals surface area contributed by atoms with E-state index in [-0.39, 0.29) is 17.2 Å². The third kappa shape index (κ3) is 4.75. The molecule has 9 heteroatoms. The van der Waals surface area contributed by atoms with Crippen molar-refractivity contribution in [1.82, 2.24) is 14.3 Å². The van der Waals surface area contributed by atoms with E-state index in [9.17, 15) is 8.42 Å². The van der Waals surface area contributed by atoms with Gasteiger partial charge in [-0.05, 0) is 19.1 Å². The zero-order valence-corrected chi connectivity index (χ0v) is 16.3. The maximum Gasteiger partial charge on any atom is 0.244 e. The number of hydrogen-bond acceptors (Lipinski definition) is 6. The van der Waals surface area contributed by atoms with Crippen LogP contribution >= 0.6 is 0 Å². The van der Waals surface area contributed by atoms with Gasteiger partial charge in [-0.25, -0.2) is 18.1 Å². The van der Waals surface area contributed by atoms with Crippen molar-refractivity contribution in [1.29, 1.82) is 0 Å². The number of nitrogens with one attached hydrogen (secondary N) is 1. The van der Waals surface area contributed by atoms with Crippen molar-refractivity contribution in [2.24, 2.45) is 0 Å². The van der Waals surface area contributed by atoms with Crippen LogP contribution in [0.5, 0.6) is 11.5 Å². The van der Waals surface area contributed by atoms with E-state index >= 15 is 0 Å². The third-order valence-corrected chi connectivity index (χ3v) is 5.44. The molecule has 1 aromatic heterocycles. The first-order chi connectivity index (χ1) is 12.4. The largest absolute Gasteiger partial charge is 0.497 e. The van der Waals surface area contributed by atoms with Gasteiger partial charge in [0.25, 0.3) is 0 Å². The maximum absolute atomic E-state index is 12.6. The fraction of sp³-hybridized carbons (Fsp3) is 0.471. The van der Waals surface area contributed by atoms with Crippen LogP contribution < -0.4 is 14.2 Å². The lowest BCUT2D eigenvalue weighted by molar-refractivity contribution is 0.185. The van der Waals surface area contributed by atoms with Crippen LogP contribution in [0.4, 0.5) is 0 Å². The van der Waals surface area contributed by atoms with E-state index < -0.39 is 10.0 Å². The molecule has 0 aliphatic heterocycles. The predicted molar refractivity (Wildman–Crippen MR) is 97.3 cm³/mol. The lowest BCUT2D eigenvalue weighted by Crippen LogP contribution is -2.27. The lowest BCUT2D eigenvalue weighted by atomic mass is 10.3. The molecule has 26 heavy (non-hydrogen) atoms. The molecule has 0 aliphatic rings. The molecule has 2 rings (SSSR count). The standard InChI is InChI=1S/C17H25N3O5S/c1-13-12-18-17(20(13)9-10-23-2)7-8-19-26(21,22)16-11-14(24-3)5-6-15(16)25-4/h5-6,11-12,19H,7-10H2,1-4H3. The van der Waals surface area contributed by atoms with Gasteiger partial charge in [0.05, 0.1) is 20.8 Å². The fourth-order valence-electron chi connectivity index (χ4n) is 2.57. The molecule has 0 aliphatic carbocycles. The van der Waals surface area contributed by atoms with Crippen molar-refractivity contribution in [2.45, 2.75) is 24.8 Å². The van der Waals surface area contributed by atoms with Crippen molar-refractivity contribution in [2.75, 3.05) is 34.5 Å². The Bertz CT molecular complexity index is 833. The molecule has 2 aromatic rings. The third-order valence-electron chi connectivity index (χ3n) is 3.96. The van der Waals surface area contributed by atoms with Crippen molar-refractivity contribution in [3.8, 4) is 11.5 Å². The summed E-state index contributed by atoms with van der Waals surface area (Å²) in [5.74, 6) is 1.51. The average Bonchev–Trinajstić information content (AvgIpc) is 2.99. The van der Waals surface area contributed by atoms with Crippen LogP contribution in [0.2, 0.25) is 0 Å². The van der Waals surface area contributed by atoms with Crippen LogP contribution in [-0.2, 0) is 27.7 Å². The van der Waals surface area contributed by atoms with Gasteiger partial charge < -0.3 is 18.8 Å². The Hall–Kier alpha value is -2.10. The topological polar surface area (TPSA) is 91.7 Å². The minimum Gasteiger partial charge on any atom is -0.497 e. The number of benzene rings is 1. The molecule has 8 nitrogen and oxygen atoms in total. The van der Waals surface area contributed by atoms with E-state index in [0.29, 0.717) is 25.3 Å². The van der Waals surface area contributed by atoms with E-state index in [0.717, 1.165) is 11.5 Å². The Balaban J connectivity index is 2.10. The summed E-state index contributed by atoms with van der Waals surface area (Å²) >= 11 is 0. The first-order valence-corrected chi connectivity index (χ1v) is 9.63. The highest BCUT2D eigenvalue weighted by Crippen LogP contribution is 2.27. The quantitative estimate of drug-likeness (QED) is 0.666. The number of aromatic nitrogens is 2. The Kier molecular flexibility index (Phi) is 7.01. The summed E-state index contributed by atoms with van der Waals surface area (Å²) in [4.78, 5) is 4.39. The normalized spacial score (nSPS) is 11.5. The predicted octanol–water partition coefficient (Wildman–Crippen LogP) is 1.38. The molecular weight excluding hydrogens is 358 g/mol. The molecule has 0 fully saturated rings. The SMILES string of the molecule is COCCn1c(C)cnc1CCNS(=O)(=O)c1cc(OC)ccc1OC. The van der Waals surface area contributed by atoms with Gasteiger partial charge in [0, 0.05) is 44.6 Å². The molecule has 1 aromatic carbocycles. The Morgan fingerprint density at radius 3 is 2.62 bits per heavy atom. The highest BCUT2D eigenvalue weighted by atomic mass is 32.2. The number of hydrogen-bond donors (Lipinski definition) is 1. The van der Waals surface area contributed by atoms with E-state index in [2.05, 4.69) is 9.71 Å². The molecule has 1 heterocycles. The molecule has 0 unspecified atom stereocenters. The van der Waals surface area contributed by atoms with E-state index in [1.54, 1.807) is 25.4 Å². The minimum atomic E-state index is -3.75. The number of imidazole rings is 1. The molecule has 0 spiro atoms. The highest BCUT2D eigenvalue weighted by molar-refractivity contribution is 7.89. The van der Waals surface area contributed by atoms with E-state index in [4.69, 9.17) is 14.2 Å². The summed E-state index contributed by atoms with van der Waals surface area (Å²) in [5.41, 5.74) is 1.01. The summed E-state index contributed by atoms with van der Waals surface area (Å²) < 4.78 is 45.3. The highest BCUT2D eigenvalue weighted by Gasteiger charge is 2.20. The van der Waals surface area contributed by atoms with Gasteiger partial charge in [-0.2, -0.15) is 0 Å². The van der Waals surface area contributed by atoms with Crippen LogP contribution in [-0.4, -0.2) is 52.4 Å². The van der Waals surface area contributed by atoms with Crippen LogP contribution in [0, 0.1) is 6.92 Å². The minimum absolute atomic E-state index is 0.0401. The van der Waals surface area contributed by atoms with Crippen LogP contribution in [0.1, 0.15) is 11.5 Å². The lowest BCUT2D eigenvalue weighted by Gasteiger charge is -2.13. The van der Waals surface area contributed by atoms with Gasteiger partial charge in [0.15, 0.2) is 0 Å². The van der Waals surface area contributed by atoms with Gasteiger partial charge in [-0.1, -0.05) is 0 Å². The zero-order valence-electron chi connectivity index (χ0n) is 15.5. The number of rotatable bonds is 10. The first kappa shape index (κ1) is 20.2. The van der Waals surface area contributed by atoms with Crippen LogP contribution in [0.15, 0.2) is 29.3 Å². The smallest absolute Gasteiger partial charge is 0.244 e. The van der Waals surface area contributed by atoms with Crippen LogP contribution in [0.3, 0.4) is 0 Å². The molecule has 0 amide bonds. The average molecular weight is 383 g/mol. The van der Waals surface area contributed by atoms with Gasteiger partial charge >= 0.3 is 0 Å². The number of aryl methyl sites for hydroxylation is 1. The summed E-state index contributed by atoms with van der Waals surface area (Å²) in [6.07, 6.45) is 2.23. The van der Waals surface area contributed by atoms with Crippen molar-refractivity contribution in [3.63, 3.8) is 0 Å². The molecular formula is C17H25N3O5S. The second kappa shape index (κ2) is 9.02. The number of sulfonamides is 1. The molecule has 144 valence electrons. The summed E-state index contributed by atoms with van der Waals surface area (Å²) in [6.45, 7) is 3.41. The Labute approximate surface area is 154 Å². The number of nitrogens with zero attached hydrogens (tertiary/aromatic N) is 2. The Morgan fingerprint density at radius 1 is 1.19 bits per heavy atom. The zero-order chi connectivity index (χ0) is 19.2. The molecule has 0 radical (unpaired) electrons. The monoisotopic (exact) mass is 383 g/mol. The molecule has 0 atom stereocenters. The van der Waals surface area contributed by atoms with Crippen molar-refractivity contribution in [3.05, 3.63) is 35.9 Å². The molecule has 0 saturated heterocycles. The van der Waals surface area contributed by atoms with Crippen molar-refractivity contribution >= 4 is 10.0 Å². The van der Waals surface area contributed by atoms with E-state index in [1.807, 2.05) is 11.5 Å². The summed E-state index contributed by atoms with van der Waals surface area (Å²) in [7, 11) is 0.802. The summed E-state index contributed by atoms with van der Waals surface area (Å²) in [6, 6.07) is 4.65. The van der Waals surface area contributed by atoms with Gasteiger partial charge in [-0.3, -0.25) is 0 Å². The van der Waals surface area contributed by atoms with Crippen LogP contribution in [0.25, 0.3) is 0 Å². The van der Waals surface area contributed by atoms with Crippen molar-refractivity contribution < 1.29 is 22.6 Å². The fourth-order valence-corrected chi connectivity index (χ4v) is 3.78. The molecule has 1 N–H and O–H groups in total. The van der Waals surface area contributed by atoms with Gasteiger partial charge in [0.2, 0.25) is 10.0 Å². The number of methoxy groups -OCH3 is 3.